The van der Waals surface area contributed by atoms with E-state index in [0.717, 1.165) is 30.7 Å². The largest absolute Gasteiger partial charge is 0.417 e. The van der Waals surface area contributed by atoms with E-state index in [1.54, 1.807) is 27.8 Å². The summed E-state index contributed by atoms with van der Waals surface area (Å²) in [4.78, 5) is 18.6. The second kappa shape index (κ2) is 8.29. The summed E-state index contributed by atoms with van der Waals surface area (Å²) in [6, 6.07) is 7.77. The molecule has 2 fully saturated rings. The second-order valence-corrected chi connectivity index (χ2v) is 8.53. The number of benzene rings is 1. The molecule has 1 N–H and O–H groups in total. The van der Waals surface area contributed by atoms with Crippen molar-refractivity contribution in [2.75, 3.05) is 16.8 Å². The fourth-order valence-electron chi connectivity index (χ4n) is 4.00. The van der Waals surface area contributed by atoms with Crippen LogP contribution in [0, 0.1) is 0 Å². The van der Waals surface area contributed by atoms with E-state index in [-0.39, 0.29) is 16.7 Å². The highest BCUT2D eigenvalue weighted by molar-refractivity contribution is 6.33. The monoisotopic (exact) mass is 477 g/mol. The minimum Gasteiger partial charge on any atom is -0.343 e. The smallest absolute Gasteiger partial charge is 0.343 e. The number of tetrazole rings is 1. The number of anilines is 2. The SMILES string of the molecule is O=C(Nc1cccc(-c2nnnn2C2CC2)c1)[C@@H]1CCCN1c1ncc(C(F)(F)F)cc1Cl. The number of carbonyl (C=O) groups is 1. The normalized spacial score (nSPS) is 18.5. The number of hydrogen-bond donors (Lipinski definition) is 1. The molecule has 1 saturated carbocycles. The Bertz CT molecular complexity index is 1190. The molecule has 3 aromatic rings. The average Bonchev–Trinajstić information content (AvgIpc) is 3.30. The van der Waals surface area contributed by atoms with Crippen LogP contribution in [-0.2, 0) is 11.0 Å². The number of pyridine rings is 1. The molecule has 1 aromatic carbocycles. The number of aromatic nitrogens is 5. The molecule has 5 rings (SSSR count). The van der Waals surface area contributed by atoms with Crippen LogP contribution < -0.4 is 10.2 Å². The van der Waals surface area contributed by atoms with E-state index in [4.69, 9.17) is 11.6 Å². The van der Waals surface area contributed by atoms with Crippen molar-refractivity contribution in [3.63, 3.8) is 0 Å². The molecule has 172 valence electrons. The number of amides is 1. The molecule has 2 aliphatic rings. The lowest BCUT2D eigenvalue weighted by molar-refractivity contribution is -0.137. The zero-order valence-corrected chi connectivity index (χ0v) is 18.0. The molecule has 1 amide bonds. The van der Waals surface area contributed by atoms with Gasteiger partial charge < -0.3 is 10.2 Å². The van der Waals surface area contributed by atoms with Crippen molar-refractivity contribution in [1.82, 2.24) is 25.2 Å². The number of rotatable bonds is 5. The zero-order chi connectivity index (χ0) is 23.2. The van der Waals surface area contributed by atoms with E-state index in [1.165, 1.54) is 0 Å². The standard InChI is InChI=1S/C21H19ClF3N7O/c22-16-10-13(21(23,24)25)11-26-19(16)31-8-2-5-17(31)20(33)27-14-4-1-3-12(9-14)18-28-29-30-32(18)15-6-7-15/h1,3-4,9-11,15,17H,2,5-8H2,(H,27,33)/t17-/m0/s1. The molecule has 0 radical (unpaired) electrons. The van der Waals surface area contributed by atoms with Crippen LogP contribution in [0.2, 0.25) is 5.02 Å². The molecule has 12 heteroatoms. The highest BCUT2D eigenvalue weighted by Gasteiger charge is 2.36. The highest BCUT2D eigenvalue weighted by Crippen LogP contribution is 2.37. The van der Waals surface area contributed by atoms with E-state index in [0.29, 0.717) is 36.9 Å². The average molecular weight is 478 g/mol. The van der Waals surface area contributed by atoms with Crippen LogP contribution in [0.15, 0.2) is 36.5 Å². The molecular formula is C21H19ClF3N7O. The first kappa shape index (κ1) is 21.6. The van der Waals surface area contributed by atoms with Crippen molar-refractivity contribution in [2.45, 2.75) is 43.9 Å². The predicted molar refractivity (Wildman–Crippen MR) is 115 cm³/mol. The molecule has 1 saturated heterocycles. The van der Waals surface area contributed by atoms with E-state index in [2.05, 4.69) is 25.8 Å². The number of halogens is 4. The van der Waals surface area contributed by atoms with Gasteiger partial charge >= 0.3 is 6.18 Å². The summed E-state index contributed by atoms with van der Waals surface area (Å²) < 4.78 is 40.6. The Morgan fingerprint density at radius 1 is 1.18 bits per heavy atom. The number of carbonyl (C=O) groups excluding carboxylic acids is 1. The van der Waals surface area contributed by atoms with Crippen LogP contribution >= 0.6 is 11.6 Å². The van der Waals surface area contributed by atoms with Crippen molar-refractivity contribution >= 4 is 29.0 Å². The highest BCUT2D eigenvalue weighted by atomic mass is 35.5. The summed E-state index contributed by atoms with van der Waals surface area (Å²) in [7, 11) is 0. The van der Waals surface area contributed by atoms with Crippen molar-refractivity contribution in [3.05, 3.63) is 47.1 Å². The summed E-state index contributed by atoms with van der Waals surface area (Å²) in [6.45, 7) is 0.465. The molecule has 3 heterocycles. The third-order valence-electron chi connectivity index (χ3n) is 5.75. The molecule has 0 unspecified atom stereocenters. The third kappa shape index (κ3) is 4.37. The molecule has 0 spiro atoms. The number of alkyl halides is 3. The Balaban J connectivity index is 1.34. The Kier molecular flexibility index (Phi) is 5.43. The summed E-state index contributed by atoms with van der Waals surface area (Å²) >= 11 is 6.11. The third-order valence-corrected chi connectivity index (χ3v) is 6.03. The van der Waals surface area contributed by atoms with Gasteiger partial charge in [0.15, 0.2) is 5.82 Å². The maximum atomic E-state index is 13.1. The van der Waals surface area contributed by atoms with Crippen LogP contribution in [0.25, 0.3) is 11.4 Å². The molecule has 8 nitrogen and oxygen atoms in total. The van der Waals surface area contributed by atoms with Gasteiger partial charge in [0.25, 0.3) is 0 Å². The van der Waals surface area contributed by atoms with Gasteiger partial charge in [-0.1, -0.05) is 23.7 Å². The molecule has 1 aliphatic carbocycles. The van der Waals surface area contributed by atoms with Gasteiger partial charge in [-0.25, -0.2) is 9.67 Å². The minimum absolute atomic E-state index is 0.140. The predicted octanol–water partition coefficient (Wildman–Crippen LogP) is 4.35. The summed E-state index contributed by atoms with van der Waals surface area (Å²) in [6.07, 6.45) is -0.514. The Morgan fingerprint density at radius 2 is 2.00 bits per heavy atom. The quantitative estimate of drug-likeness (QED) is 0.587. The molecule has 0 bridgehead atoms. The van der Waals surface area contributed by atoms with E-state index in [1.807, 2.05) is 6.07 Å². The zero-order valence-electron chi connectivity index (χ0n) is 17.3. The van der Waals surface area contributed by atoms with Crippen molar-refractivity contribution in [3.8, 4) is 11.4 Å². The molecule has 2 aromatic heterocycles. The van der Waals surface area contributed by atoms with Crippen LogP contribution in [0.4, 0.5) is 24.7 Å². The number of nitrogens with zero attached hydrogens (tertiary/aromatic N) is 6. The van der Waals surface area contributed by atoms with Crippen molar-refractivity contribution < 1.29 is 18.0 Å². The topological polar surface area (TPSA) is 88.8 Å². The second-order valence-electron chi connectivity index (χ2n) is 8.13. The van der Waals surface area contributed by atoms with Gasteiger partial charge in [-0.05, 0) is 54.3 Å². The first-order valence-corrected chi connectivity index (χ1v) is 10.9. The van der Waals surface area contributed by atoms with E-state index < -0.39 is 17.8 Å². The summed E-state index contributed by atoms with van der Waals surface area (Å²) in [5.74, 6) is 0.515. The van der Waals surface area contributed by atoms with Crippen LogP contribution in [0.3, 0.4) is 0 Å². The summed E-state index contributed by atoms with van der Waals surface area (Å²) in [5, 5.41) is 14.7. The van der Waals surface area contributed by atoms with Gasteiger partial charge in [0.2, 0.25) is 5.91 Å². The van der Waals surface area contributed by atoms with Gasteiger partial charge in [0.1, 0.15) is 11.9 Å². The van der Waals surface area contributed by atoms with Crippen LogP contribution in [-0.4, -0.2) is 43.7 Å². The van der Waals surface area contributed by atoms with Gasteiger partial charge in [0.05, 0.1) is 16.6 Å². The lowest BCUT2D eigenvalue weighted by Crippen LogP contribution is -2.40. The van der Waals surface area contributed by atoms with Gasteiger partial charge in [0, 0.05) is 24.0 Å². The van der Waals surface area contributed by atoms with Crippen molar-refractivity contribution in [2.24, 2.45) is 0 Å². The fourth-order valence-corrected chi connectivity index (χ4v) is 4.28. The number of hydrogen-bond acceptors (Lipinski definition) is 6. The Morgan fingerprint density at radius 3 is 2.73 bits per heavy atom. The molecule has 1 atom stereocenters. The van der Waals surface area contributed by atoms with Crippen LogP contribution in [0.1, 0.15) is 37.3 Å². The molecule has 33 heavy (non-hydrogen) atoms. The first-order chi connectivity index (χ1) is 15.8. The first-order valence-electron chi connectivity index (χ1n) is 10.5. The van der Waals surface area contributed by atoms with Gasteiger partial charge in [-0.3, -0.25) is 4.79 Å². The van der Waals surface area contributed by atoms with E-state index in [9.17, 15) is 18.0 Å². The molecular weight excluding hydrogens is 459 g/mol. The van der Waals surface area contributed by atoms with Crippen LogP contribution in [0.5, 0.6) is 0 Å². The molecule has 1 aliphatic heterocycles. The lowest BCUT2D eigenvalue weighted by Gasteiger charge is -2.26. The fraction of sp³-hybridized carbons (Fsp3) is 0.381. The Labute approximate surface area is 191 Å². The maximum Gasteiger partial charge on any atom is 0.417 e. The lowest BCUT2D eigenvalue weighted by atomic mass is 10.1. The van der Waals surface area contributed by atoms with Crippen molar-refractivity contribution in [1.29, 1.82) is 0 Å². The van der Waals surface area contributed by atoms with Gasteiger partial charge in [-0.2, -0.15) is 13.2 Å². The van der Waals surface area contributed by atoms with E-state index >= 15 is 0 Å². The summed E-state index contributed by atoms with van der Waals surface area (Å²) in [5.41, 5.74) is 0.420. The minimum atomic E-state index is -4.54. The Hall–Kier alpha value is -3.21. The number of nitrogens with one attached hydrogen (secondary N) is 1. The van der Waals surface area contributed by atoms with Gasteiger partial charge in [-0.15, -0.1) is 5.10 Å². The maximum absolute atomic E-state index is 13.1.